The van der Waals surface area contributed by atoms with E-state index in [0.717, 1.165) is 35.6 Å². The Hall–Kier alpha value is -2.29. The number of anilines is 1. The zero-order valence-electron chi connectivity index (χ0n) is 11.9. The molecule has 0 unspecified atom stereocenters. The number of imidazole rings is 1. The number of aryl methyl sites for hydroxylation is 2. The van der Waals surface area contributed by atoms with Crippen molar-refractivity contribution in [1.29, 1.82) is 0 Å². The highest BCUT2D eigenvalue weighted by molar-refractivity contribution is 5.81. The van der Waals surface area contributed by atoms with Gasteiger partial charge in [0.05, 0.1) is 11.0 Å². The largest absolute Gasteiger partial charge is 0.399 e. The van der Waals surface area contributed by atoms with E-state index in [1.165, 1.54) is 11.1 Å². The van der Waals surface area contributed by atoms with E-state index in [1.54, 1.807) is 0 Å². The third kappa shape index (κ3) is 2.16. The molecule has 0 fully saturated rings. The second-order valence-electron chi connectivity index (χ2n) is 5.20. The SMILES string of the molecule is CCCn1c(-c2cccc(N)c2)nc2cc(C)ccc21. The molecule has 0 aliphatic heterocycles. The molecule has 2 aromatic carbocycles. The van der Waals surface area contributed by atoms with Crippen molar-refractivity contribution in [2.45, 2.75) is 26.8 Å². The first-order valence-corrected chi connectivity index (χ1v) is 7.02. The Kier molecular flexibility index (Phi) is 3.18. The lowest BCUT2D eigenvalue weighted by molar-refractivity contribution is 0.704. The van der Waals surface area contributed by atoms with Gasteiger partial charge < -0.3 is 10.3 Å². The smallest absolute Gasteiger partial charge is 0.141 e. The predicted molar refractivity (Wildman–Crippen MR) is 84.6 cm³/mol. The fourth-order valence-electron chi connectivity index (χ4n) is 2.59. The summed E-state index contributed by atoms with van der Waals surface area (Å²) in [5, 5.41) is 0. The third-order valence-corrected chi connectivity index (χ3v) is 3.50. The normalized spacial score (nSPS) is 11.1. The Bertz CT molecular complexity index is 756. The highest BCUT2D eigenvalue weighted by Crippen LogP contribution is 2.27. The quantitative estimate of drug-likeness (QED) is 0.727. The van der Waals surface area contributed by atoms with E-state index >= 15 is 0 Å². The summed E-state index contributed by atoms with van der Waals surface area (Å²) in [7, 11) is 0. The zero-order valence-corrected chi connectivity index (χ0v) is 11.9. The summed E-state index contributed by atoms with van der Waals surface area (Å²) in [6, 6.07) is 14.4. The molecule has 102 valence electrons. The van der Waals surface area contributed by atoms with Gasteiger partial charge in [0.1, 0.15) is 5.82 Å². The molecule has 3 aromatic rings. The number of nitrogens with two attached hydrogens (primary N) is 1. The molecule has 0 aliphatic carbocycles. The highest BCUT2D eigenvalue weighted by Gasteiger charge is 2.12. The molecular formula is C17H19N3. The van der Waals surface area contributed by atoms with Gasteiger partial charge in [-0.15, -0.1) is 0 Å². The van der Waals surface area contributed by atoms with Gasteiger partial charge in [-0.25, -0.2) is 4.98 Å². The number of rotatable bonds is 3. The van der Waals surface area contributed by atoms with E-state index in [-0.39, 0.29) is 0 Å². The van der Waals surface area contributed by atoms with Crippen LogP contribution in [-0.2, 0) is 6.54 Å². The van der Waals surface area contributed by atoms with Crippen LogP contribution in [0.15, 0.2) is 42.5 Å². The molecule has 0 bridgehead atoms. The monoisotopic (exact) mass is 265 g/mol. The summed E-state index contributed by atoms with van der Waals surface area (Å²) in [5.74, 6) is 1.000. The molecular weight excluding hydrogens is 246 g/mol. The molecule has 0 saturated carbocycles. The van der Waals surface area contributed by atoms with Crippen LogP contribution in [0.1, 0.15) is 18.9 Å². The van der Waals surface area contributed by atoms with Gasteiger partial charge in [0, 0.05) is 17.8 Å². The van der Waals surface area contributed by atoms with Gasteiger partial charge in [0.15, 0.2) is 0 Å². The van der Waals surface area contributed by atoms with Crippen molar-refractivity contribution in [3.8, 4) is 11.4 Å². The minimum atomic E-state index is 0.772. The summed E-state index contributed by atoms with van der Waals surface area (Å²) in [4.78, 5) is 4.81. The number of hydrogen-bond donors (Lipinski definition) is 1. The molecule has 0 amide bonds. The molecule has 0 saturated heterocycles. The average Bonchev–Trinajstić information content (AvgIpc) is 2.77. The van der Waals surface area contributed by atoms with Crippen LogP contribution in [0.3, 0.4) is 0 Å². The lowest BCUT2D eigenvalue weighted by atomic mass is 10.2. The number of benzene rings is 2. The molecule has 1 heterocycles. The molecule has 2 N–H and O–H groups in total. The fourth-order valence-corrected chi connectivity index (χ4v) is 2.59. The molecule has 0 radical (unpaired) electrons. The Morgan fingerprint density at radius 3 is 2.75 bits per heavy atom. The van der Waals surface area contributed by atoms with Crippen LogP contribution in [-0.4, -0.2) is 9.55 Å². The van der Waals surface area contributed by atoms with Crippen LogP contribution in [0.5, 0.6) is 0 Å². The average molecular weight is 265 g/mol. The lowest BCUT2D eigenvalue weighted by Gasteiger charge is -2.08. The van der Waals surface area contributed by atoms with Crippen LogP contribution in [0.25, 0.3) is 22.4 Å². The van der Waals surface area contributed by atoms with Crippen molar-refractivity contribution in [3.05, 3.63) is 48.0 Å². The molecule has 3 heteroatoms. The number of nitrogen functional groups attached to an aromatic ring is 1. The lowest BCUT2D eigenvalue weighted by Crippen LogP contribution is -2.00. The maximum atomic E-state index is 5.90. The van der Waals surface area contributed by atoms with E-state index < -0.39 is 0 Å². The first-order valence-electron chi connectivity index (χ1n) is 7.02. The van der Waals surface area contributed by atoms with Gasteiger partial charge in [0.2, 0.25) is 0 Å². The van der Waals surface area contributed by atoms with Crippen molar-refractivity contribution in [2.24, 2.45) is 0 Å². The third-order valence-electron chi connectivity index (χ3n) is 3.50. The van der Waals surface area contributed by atoms with Crippen LogP contribution in [0.2, 0.25) is 0 Å². The second-order valence-corrected chi connectivity index (χ2v) is 5.20. The number of hydrogen-bond acceptors (Lipinski definition) is 2. The van der Waals surface area contributed by atoms with E-state index in [4.69, 9.17) is 10.7 Å². The number of nitrogens with zero attached hydrogens (tertiary/aromatic N) is 2. The van der Waals surface area contributed by atoms with Gasteiger partial charge in [-0.3, -0.25) is 0 Å². The molecule has 0 aliphatic rings. The summed E-state index contributed by atoms with van der Waals surface area (Å²) in [6.45, 7) is 5.24. The Balaban J connectivity index is 2.25. The molecule has 0 atom stereocenters. The van der Waals surface area contributed by atoms with Gasteiger partial charge >= 0.3 is 0 Å². The Labute approximate surface area is 119 Å². The maximum absolute atomic E-state index is 5.90. The van der Waals surface area contributed by atoms with Gasteiger partial charge in [-0.05, 0) is 43.2 Å². The molecule has 1 aromatic heterocycles. The summed E-state index contributed by atoms with van der Waals surface area (Å²) < 4.78 is 2.28. The topological polar surface area (TPSA) is 43.8 Å². The van der Waals surface area contributed by atoms with Gasteiger partial charge in [-0.2, -0.15) is 0 Å². The number of fused-ring (bicyclic) bond motifs is 1. The van der Waals surface area contributed by atoms with Crippen molar-refractivity contribution < 1.29 is 0 Å². The van der Waals surface area contributed by atoms with Gasteiger partial charge in [0.25, 0.3) is 0 Å². The zero-order chi connectivity index (χ0) is 14.1. The van der Waals surface area contributed by atoms with Crippen LogP contribution < -0.4 is 5.73 Å². The Morgan fingerprint density at radius 2 is 2.00 bits per heavy atom. The minimum Gasteiger partial charge on any atom is -0.399 e. The molecule has 20 heavy (non-hydrogen) atoms. The van der Waals surface area contributed by atoms with Crippen molar-refractivity contribution in [2.75, 3.05) is 5.73 Å². The number of aromatic nitrogens is 2. The molecule has 3 nitrogen and oxygen atoms in total. The van der Waals surface area contributed by atoms with E-state index in [9.17, 15) is 0 Å². The molecule has 3 rings (SSSR count). The van der Waals surface area contributed by atoms with Crippen LogP contribution >= 0.6 is 0 Å². The standard InChI is InChI=1S/C17H19N3/c1-3-9-20-16-8-7-12(2)10-15(16)19-17(20)13-5-4-6-14(18)11-13/h4-8,10-11H,3,9,18H2,1-2H3. The first kappa shape index (κ1) is 12.7. The van der Waals surface area contributed by atoms with Crippen LogP contribution in [0.4, 0.5) is 5.69 Å². The summed E-state index contributed by atoms with van der Waals surface area (Å²) in [5.41, 5.74) is 11.2. The first-order chi connectivity index (χ1) is 9.69. The van der Waals surface area contributed by atoms with Crippen LogP contribution in [0, 0.1) is 6.92 Å². The minimum absolute atomic E-state index is 0.772. The van der Waals surface area contributed by atoms with Crippen molar-refractivity contribution >= 4 is 16.7 Å². The van der Waals surface area contributed by atoms with E-state index in [1.807, 2.05) is 18.2 Å². The highest BCUT2D eigenvalue weighted by atomic mass is 15.1. The van der Waals surface area contributed by atoms with E-state index in [2.05, 4.69) is 42.7 Å². The van der Waals surface area contributed by atoms with Crippen molar-refractivity contribution in [1.82, 2.24) is 9.55 Å². The Morgan fingerprint density at radius 1 is 1.15 bits per heavy atom. The summed E-state index contributed by atoms with van der Waals surface area (Å²) in [6.07, 6.45) is 1.08. The molecule has 0 spiro atoms. The fraction of sp³-hybridized carbons (Fsp3) is 0.235. The maximum Gasteiger partial charge on any atom is 0.141 e. The predicted octanol–water partition coefficient (Wildman–Crippen LogP) is 4.00. The van der Waals surface area contributed by atoms with Crippen molar-refractivity contribution in [3.63, 3.8) is 0 Å². The second kappa shape index (κ2) is 5.00. The summed E-state index contributed by atoms with van der Waals surface area (Å²) >= 11 is 0. The van der Waals surface area contributed by atoms with E-state index in [0.29, 0.717) is 0 Å². The van der Waals surface area contributed by atoms with Gasteiger partial charge in [-0.1, -0.05) is 25.1 Å².